The third-order valence-corrected chi connectivity index (χ3v) is 4.65. The molecule has 2 N–H and O–H groups in total. The van der Waals surface area contributed by atoms with Gasteiger partial charge in [0.15, 0.2) is 11.5 Å². The van der Waals surface area contributed by atoms with Gasteiger partial charge in [-0.15, -0.1) is 0 Å². The number of aryl methyl sites for hydroxylation is 1. The summed E-state index contributed by atoms with van der Waals surface area (Å²) in [6.45, 7) is 4.35. The molecule has 0 aliphatic rings. The van der Waals surface area contributed by atoms with Crippen LogP contribution in [0, 0.1) is 0 Å². The van der Waals surface area contributed by atoms with Crippen LogP contribution in [0.4, 0.5) is 0 Å². The second kappa shape index (κ2) is 7.45. The average Bonchev–Trinajstić information content (AvgIpc) is 2.87. The molecule has 0 spiro atoms. The lowest BCUT2D eigenvalue weighted by atomic mass is 10.1. The fourth-order valence-corrected chi connectivity index (χ4v) is 3.15. The fourth-order valence-electron chi connectivity index (χ4n) is 2.19. The Morgan fingerprint density at radius 1 is 1.27 bits per heavy atom. The van der Waals surface area contributed by atoms with Gasteiger partial charge < -0.3 is 10.2 Å². The molecule has 6 heteroatoms. The summed E-state index contributed by atoms with van der Waals surface area (Å²) in [6, 6.07) is 5.06. The number of phenolic OH excluding ortho intramolecular Hbond substituents is 2. The van der Waals surface area contributed by atoms with Gasteiger partial charge in [0, 0.05) is 12.6 Å². The van der Waals surface area contributed by atoms with Crippen molar-refractivity contribution in [3.05, 3.63) is 23.0 Å². The van der Waals surface area contributed by atoms with Gasteiger partial charge in [0.05, 0.1) is 6.04 Å². The van der Waals surface area contributed by atoms with Gasteiger partial charge in [0.25, 0.3) is 0 Å². The highest BCUT2D eigenvalue weighted by Crippen LogP contribution is 2.30. The number of benzene rings is 1. The van der Waals surface area contributed by atoms with Crippen molar-refractivity contribution in [2.24, 2.45) is 12.0 Å². The second-order valence-corrected chi connectivity index (χ2v) is 6.31. The molecule has 22 heavy (non-hydrogen) atoms. The maximum Gasteiger partial charge on any atom is 0.203 e. The molecule has 0 amide bonds. The molecular weight excluding hydrogens is 298 g/mol. The number of phenols is 2. The number of aromatic nitrogens is 2. The van der Waals surface area contributed by atoms with Gasteiger partial charge in [0.1, 0.15) is 5.01 Å². The Bertz CT molecular complexity index is 691. The zero-order valence-corrected chi connectivity index (χ0v) is 14.1. The predicted octanol–water partition coefficient (Wildman–Crippen LogP) is 3.43. The summed E-state index contributed by atoms with van der Waals surface area (Å²) in [4.78, 5) is 5.69. The molecule has 1 heterocycles. The topological polar surface area (TPSA) is 70.6 Å². The molecule has 0 fully saturated rings. The van der Waals surface area contributed by atoms with Crippen molar-refractivity contribution in [3.63, 3.8) is 0 Å². The number of aromatic hydroxyl groups is 2. The van der Waals surface area contributed by atoms with Gasteiger partial charge in [-0.05, 0) is 31.0 Å². The van der Waals surface area contributed by atoms with Crippen molar-refractivity contribution in [1.29, 1.82) is 0 Å². The van der Waals surface area contributed by atoms with Crippen LogP contribution >= 0.6 is 11.3 Å². The maximum absolute atomic E-state index is 9.61. The second-order valence-electron chi connectivity index (χ2n) is 5.35. The van der Waals surface area contributed by atoms with E-state index in [1.807, 2.05) is 7.05 Å². The summed E-state index contributed by atoms with van der Waals surface area (Å²) < 4.78 is 1.78. The monoisotopic (exact) mass is 321 g/mol. The predicted molar refractivity (Wildman–Crippen MR) is 89.0 cm³/mol. The van der Waals surface area contributed by atoms with E-state index in [4.69, 9.17) is 4.99 Å². The molecule has 0 radical (unpaired) electrons. The van der Waals surface area contributed by atoms with Crippen molar-refractivity contribution in [3.8, 4) is 22.1 Å². The SMILES string of the molecule is CCCCC(CC)N=c1sc(-c2ccc(O)c(O)c2)nn1C. The minimum Gasteiger partial charge on any atom is -0.504 e. The maximum atomic E-state index is 9.61. The van der Waals surface area contributed by atoms with Crippen molar-refractivity contribution in [2.75, 3.05) is 0 Å². The van der Waals surface area contributed by atoms with E-state index in [1.165, 1.54) is 36.3 Å². The Labute approximate surface area is 134 Å². The smallest absolute Gasteiger partial charge is 0.203 e. The fraction of sp³-hybridized carbons (Fsp3) is 0.500. The van der Waals surface area contributed by atoms with Crippen molar-refractivity contribution >= 4 is 11.3 Å². The first-order chi connectivity index (χ1) is 10.5. The third kappa shape index (κ3) is 3.88. The minimum atomic E-state index is -0.136. The highest BCUT2D eigenvalue weighted by molar-refractivity contribution is 7.12. The Hall–Kier alpha value is -1.82. The highest BCUT2D eigenvalue weighted by atomic mass is 32.1. The standard InChI is InChI=1S/C16H23N3O2S/c1-4-6-7-12(5-2)17-16-19(3)18-15(22-16)11-8-9-13(20)14(21)10-11/h8-10,12,20-21H,4-7H2,1-3H3. The Balaban J connectivity index is 2.32. The molecule has 0 saturated heterocycles. The van der Waals surface area contributed by atoms with E-state index in [0.29, 0.717) is 6.04 Å². The van der Waals surface area contributed by atoms with Crippen LogP contribution in [0.15, 0.2) is 23.2 Å². The molecule has 1 aromatic heterocycles. The van der Waals surface area contributed by atoms with E-state index < -0.39 is 0 Å². The van der Waals surface area contributed by atoms with E-state index in [9.17, 15) is 10.2 Å². The van der Waals surface area contributed by atoms with Crippen LogP contribution in [0.25, 0.3) is 10.6 Å². The van der Waals surface area contributed by atoms with E-state index in [0.717, 1.165) is 28.2 Å². The minimum absolute atomic E-state index is 0.125. The van der Waals surface area contributed by atoms with Crippen LogP contribution < -0.4 is 4.80 Å². The lowest BCUT2D eigenvalue weighted by Gasteiger charge is -2.07. The van der Waals surface area contributed by atoms with Crippen LogP contribution in [0.3, 0.4) is 0 Å². The first kappa shape index (κ1) is 16.5. The number of hydrogen-bond donors (Lipinski definition) is 2. The first-order valence-corrected chi connectivity index (χ1v) is 8.47. The Morgan fingerprint density at radius 3 is 2.68 bits per heavy atom. The molecule has 0 bridgehead atoms. The number of nitrogens with zero attached hydrogens (tertiary/aromatic N) is 3. The Kier molecular flexibility index (Phi) is 5.60. The van der Waals surface area contributed by atoms with Crippen molar-refractivity contribution < 1.29 is 10.2 Å². The first-order valence-electron chi connectivity index (χ1n) is 7.65. The zero-order chi connectivity index (χ0) is 16.1. The quantitative estimate of drug-likeness (QED) is 0.801. The molecule has 2 aromatic rings. The molecule has 0 saturated carbocycles. The van der Waals surface area contributed by atoms with Gasteiger partial charge in [-0.2, -0.15) is 5.10 Å². The lowest BCUT2D eigenvalue weighted by Crippen LogP contribution is -2.16. The largest absolute Gasteiger partial charge is 0.504 e. The van der Waals surface area contributed by atoms with Crippen LogP contribution in [0.1, 0.15) is 39.5 Å². The van der Waals surface area contributed by atoms with E-state index in [2.05, 4.69) is 18.9 Å². The number of rotatable bonds is 6. The van der Waals surface area contributed by atoms with Gasteiger partial charge in [-0.25, -0.2) is 4.68 Å². The zero-order valence-electron chi connectivity index (χ0n) is 13.3. The highest BCUT2D eigenvalue weighted by Gasteiger charge is 2.10. The molecule has 1 atom stereocenters. The molecule has 1 unspecified atom stereocenters. The van der Waals surface area contributed by atoms with Crippen molar-refractivity contribution in [2.45, 2.75) is 45.6 Å². The molecule has 2 rings (SSSR count). The lowest BCUT2D eigenvalue weighted by molar-refractivity contribution is 0.404. The molecule has 0 aliphatic heterocycles. The summed E-state index contributed by atoms with van der Waals surface area (Å²) in [6.07, 6.45) is 4.48. The van der Waals surface area contributed by atoms with Gasteiger partial charge in [-0.1, -0.05) is 38.0 Å². The van der Waals surface area contributed by atoms with E-state index in [1.54, 1.807) is 10.7 Å². The molecular formula is C16H23N3O2S. The number of unbranched alkanes of at least 4 members (excludes halogenated alkanes) is 1. The third-order valence-electron chi connectivity index (χ3n) is 3.58. The van der Waals surface area contributed by atoms with Crippen LogP contribution in [0.5, 0.6) is 11.5 Å². The van der Waals surface area contributed by atoms with Gasteiger partial charge >= 0.3 is 0 Å². The summed E-state index contributed by atoms with van der Waals surface area (Å²) in [5.74, 6) is -0.261. The summed E-state index contributed by atoms with van der Waals surface area (Å²) in [5.41, 5.74) is 0.777. The van der Waals surface area contributed by atoms with E-state index in [-0.39, 0.29) is 11.5 Å². The average molecular weight is 321 g/mol. The number of hydrogen-bond acceptors (Lipinski definition) is 5. The summed E-state index contributed by atoms with van der Waals surface area (Å²) in [5, 5.41) is 24.3. The molecule has 0 aliphatic carbocycles. The molecule has 1 aromatic carbocycles. The van der Waals surface area contributed by atoms with Gasteiger partial charge in [0.2, 0.25) is 4.80 Å². The summed E-state index contributed by atoms with van der Waals surface area (Å²) >= 11 is 1.50. The van der Waals surface area contributed by atoms with E-state index >= 15 is 0 Å². The Morgan fingerprint density at radius 2 is 2.05 bits per heavy atom. The van der Waals surface area contributed by atoms with Crippen LogP contribution in [0.2, 0.25) is 0 Å². The summed E-state index contributed by atoms with van der Waals surface area (Å²) in [7, 11) is 1.88. The molecule has 120 valence electrons. The van der Waals surface area contributed by atoms with Crippen molar-refractivity contribution in [1.82, 2.24) is 9.78 Å². The van der Waals surface area contributed by atoms with Gasteiger partial charge in [-0.3, -0.25) is 4.99 Å². The molecule has 5 nitrogen and oxygen atoms in total. The van der Waals surface area contributed by atoms with Crippen LogP contribution in [-0.2, 0) is 7.05 Å². The van der Waals surface area contributed by atoms with Crippen LogP contribution in [-0.4, -0.2) is 26.0 Å². The normalized spacial score (nSPS) is 13.5.